The lowest BCUT2D eigenvalue weighted by atomic mass is 9.94. The maximum Gasteiger partial charge on any atom is 0.317 e. The summed E-state index contributed by atoms with van der Waals surface area (Å²) in [6, 6.07) is 11.1. The SMILES string of the molecule is O=C(NCc1ccc(Cl)cc1Cl)N1CCCC(c2cc(NCc3cccnc3)n3ncc(Br)c3n2)C1. The van der Waals surface area contributed by atoms with Gasteiger partial charge in [0, 0.05) is 60.6 Å². The number of aromatic nitrogens is 4. The number of halogens is 3. The second-order valence-electron chi connectivity index (χ2n) is 8.69. The van der Waals surface area contributed by atoms with Crippen LogP contribution in [-0.2, 0) is 13.1 Å². The van der Waals surface area contributed by atoms with Crippen molar-refractivity contribution < 1.29 is 4.79 Å². The number of carbonyl (C=O) groups excluding carboxylic acids is 1. The van der Waals surface area contributed by atoms with E-state index in [9.17, 15) is 4.79 Å². The van der Waals surface area contributed by atoms with Crippen molar-refractivity contribution in [1.82, 2.24) is 29.8 Å². The number of anilines is 1. The summed E-state index contributed by atoms with van der Waals surface area (Å²) in [5, 5.41) is 12.0. The van der Waals surface area contributed by atoms with E-state index in [1.54, 1.807) is 29.0 Å². The molecular formula is C25H24BrCl2N7O. The zero-order chi connectivity index (χ0) is 25.1. The molecule has 4 heterocycles. The summed E-state index contributed by atoms with van der Waals surface area (Å²) in [6.45, 7) is 2.22. The molecule has 3 aromatic heterocycles. The van der Waals surface area contributed by atoms with Crippen molar-refractivity contribution in [3.8, 4) is 0 Å². The smallest absolute Gasteiger partial charge is 0.317 e. The highest BCUT2D eigenvalue weighted by Gasteiger charge is 2.27. The fraction of sp³-hybridized carbons (Fsp3) is 0.280. The molecule has 1 aromatic carbocycles. The first-order valence-corrected chi connectivity index (χ1v) is 13.2. The van der Waals surface area contributed by atoms with Gasteiger partial charge in [-0.05, 0) is 58.1 Å². The number of amides is 2. The standard InChI is InChI=1S/C25H24BrCl2N7O/c26-20-14-32-35-23(30-12-16-3-1-7-29-11-16)10-22(33-24(20)35)18-4-2-8-34(15-18)25(36)31-13-17-5-6-19(27)9-21(17)28/h1,3,5-7,9-11,14,18,30H,2,4,8,12-13,15H2,(H,31,36). The summed E-state index contributed by atoms with van der Waals surface area (Å²) in [4.78, 5) is 23.9. The first-order chi connectivity index (χ1) is 17.5. The highest BCUT2D eigenvalue weighted by Crippen LogP contribution is 2.30. The summed E-state index contributed by atoms with van der Waals surface area (Å²) in [7, 11) is 0. The molecule has 1 atom stereocenters. The van der Waals surface area contributed by atoms with Crippen molar-refractivity contribution in [2.45, 2.75) is 31.8 Å². The molecule has 186 valence electrons. The lowest BCUT2D eigenvalue weighted by molar-refractivity contribution is 0.178. The van der Waals surface area contributed by atoms with Crippen LogP contribution in [0.3, 0.4) is 0 Å². The summed E-state index contributed by atoms with van der Waals surface area (Å²) >= 11 is 15.8. The largest absolute Gasteiger partial charge is 0.366 e. The van der Waals surface area contributed by atoms with Gasteiger partial charge < -0.3 is 15.5 Å². The van der Waals surface area contributed by atoms with Gasteiger partial charge in [0.1, 0.15) is 5.82 Å². The van der Waals surface area contributed by atoms with Crippen LogP contribution in [0.15, 0.2) is 59.5 Å². The maximum atomic E-state index is 13.0. The van der Waals surface area contributed by atoms with Crippen LogP contribution in [0, 0.1) is 0 Å². The Morgan fingerprint density at radius 3 is 2.86 bits per heavy atom. The fourth-order valence-electron chi connectivity index (χ4n) is 4.34. The molecule has 1 unspecified atom stereocenters. The number of carbonyl (C=O) groups is 1. The number of hydrogen-bond donors (Lipinski definition) is 2. The molecule has 2 amide bonds. The Balaban J connectivity index is 1.31. The minimum Gasteiger partial charge on any atom is -0.366 e. The van der Waals surface area contributed by atoms with E-state index in [1.807, 2.05) is 35.4 Å². The van der Waals surface area contributed by atoms with Crippen molar-refractivity contribution in [3.05, 3.63) is 86.3 Å². The minimum atomic E-state index is -0.118. The van der Waals surface area contributed by atoms with E-state index in [2.05, 4.69) is 36.6 Å². The van der Waals surface area contributed by atoms with Gasteiger partial charge in [-0.25, -0.2) is 9.78 Å². The predicted octanol–water partition coefficient (Wildman–Crippen LogP) is 5.89. The van der Waals surface area contributed by atoms with Crippen LogP contribution >= 0.6 is 39.1 Å². The van der Waals surface area contributed by atoms with E-state index in [0.29, 0.717) is 36.2 Å². The van der Waals surface area contributed by atoms with Crippen LogP contribution in [-0.4, -0.2) is 43.6 Å². The van der Waals surface area contributed by atoms with Gasteiger partial charge in [0.2, 0.25) is 0 Å². The zero-order valence-corrected chi connectivity index (χ0v) is 22.4. The number of hydrogen-bond acceptors (Lipinski definition) is 5. The summed E-state index contributed by atoms with van der Waals surface area (Å²) in [5.74, 6) is 0.942. The summed E-state index contributed by atoms with van der Waals surface area (Å²) < 4.78 is 2.60. The Bertz CT molecular complexity index is 1380. The van der Waals surface area contributed by atoms with E-state index in [-0.39, 0.29) is 11.9 Å². The van der Waals surface area contributed by atoms with Gasteiger partial charge in [-0.2, -0.15) is 9.61 Å². The molecule has 11 heteroatoms. The Kier molecular flexibility index (Phi) is 7.59. The molecule has 0 spiro atoms. The Morgan fingerprint density at radius 1 is 1.17 bits per heavy atom. The first-order valence-electron chi connectivity index (χ1n) is 11.6. The second-order valence-corrected chi connectivity index (χ2v) is 10.4. The number of urea groups is 1. The summed E-state index contributed by atoms with van der Waals surface area (Å²) in [6.07, 6.45) is 7.17. The van der Waals surface area contributed by atoms with Crippen LogP contribution in [0.25, 0.3) is 5.65 Å². The maximum absolute atomic E-state index is 13.0. The molecule has 0 saturated carbocycles. The molecule has 1 aliphatic heterocycles. The van der Waals surface area contributed by atoms with Crippen molar-refractivity contribution in [3.63, 3.8) is 0 Å². The average molecular weight is 589 g/mol. The number of piperidine rings is 1. The van der Waals surface area contributed by atoms with Gasteiger partial charge in [0.15, 0.2) is 5.65 Å². The van der Waals surface area contributed by atoms with E-state index in [4.69, 9.17) is 28.2 Å². The van der Waals surface area contributed by atoms with Gasteiger partial charge in [-0.1, -0.05) is 35.3 Å². The third-order valence-electron chi connectivity index (χ3n) is 6.22. The van der Waals surface area contributed by atoms with E-state index < -0.39 is 0 Å². The Hall–Kier alpha value is -2.88. The number of fused-ring (bicyclic) bond motifs is 1. The fourth-order valence-corrected chi connectivity index (χ4v) is 5.16. The van der Waals surface area contributed by atoms with Crippen LogP contribution in [0.2, 0.25) is 10.0 Å². The van der Waals surface area contributed by atoms with Gasteiger partial charge in [0.05, 0.1) is 16.4 Å². The molecular weight excluding hydrogens is 565 g/mol. The van der Waals surface area contributed by atoms with Crippen molar-refractivity contribution in [2.24, 2.45) is 0 Å². The third kappa shape index (κ3) is 5.58. The number of benzene rings is 1. The number of nitrogens with zero attached hydrogens (tertiary/aromatic N) is 5. The van der Waals surface area contributed by atoms with Gasteiger partial charge >= 0.3 is 6.03 Å². The molecule has 0 aliphatic carbocycles. The topological polar surface area (TPSA) is 87.5 Å². The number of rotatable bonds is 6. The highest BCUT2D eigenvalue weighted by molar-refractivity contribution is 9.10. The summed E-state index contributed by atoms with van der Waals surface area (Å²) in [5.41, 5.74) is 3.55. The predicted molar refractivity (Wildman–Crippen MR) is 144 cm³/mol. The van der Waals surface area contributed by atoms with E-state index in [0.717, 1.165) is 45.6 Å². The van der Waals surface area contributed by atoms with Crippen molar-refractivity contribution in [2.75, 3.05) is 18.4 Å². The Labute approximate surface area is 227 Å². The number of likely N-dealkylation sites (tertiary alicyclic amines) is 1. The van der Waals surface area contributed by atoms with Crippen LogP contribution in [0.5, 0.6) is 0 Å². The first kappa shape index (κ1) is 24.8. The van der Waals surface area contributed by atoms with E-state index in [1.165, 1.54) is 0 Å². The third-order valence-corrected chi connectivity index (χ3v) is 7.36. The Morgan fingerprint density at radius 2 is 2.06 bits per heavy atom. The molecule has 8 nitrogen and oxygen atoms in total. The lowest BCUT2D eigenvalue weighted by Gasteiger charge is -2.32. The van der Waals surface area contributed by atoms with Crippen molar-refractivity contribution in [1.29, 1.82) is 0 Å². The monoisotopic (exact) mass is 587 g/mol. The van der Waals surface area contributed by atoms with Crippen molar-refractivity contribution >= 4 is 56.6 Å². The second kappa shape index (κ2) is 11.0. The lowest BCUT2D eigenvalue weighted by Crippen LogP contribution is -2.44. The molecule has 2 N–H and O–H groups in total. The molecule has 0 bridgehead atoms. The molecule has 4 aromatic rings. The molecule has 5 rings (SSSR count). The zero-order valence-electron chi connectivity index (χ0n) is 19.3. The van der Waals surface area contributed by atoms with E-state index >= 15 is 0 Å². The van der Waals surface area contributed by atoms with Gasteiger partial charge in [0.25, 0.3) is 0 Å². The number of pyridine rings is 1. The van der Waals surface area contributed by atoms with Crippen LogP contribution in [0.1, 0.15) is 35.6 Å². The average Bonchev–Trinajstić information content (AvgIpc) is 3.28. The minimum absolute atomic E-state index is 0.106. The molecule has 0 radical (unpaired) electrons. The molecule has 1 aliphatic rings. The highest BCUT2D eigenvalue weighted by atomic mass is 79.9. The number of nitrogens with one attached hydrogen (secondary N) is 2. The van der Waals surface area contributed by atoms with Crippen LogP contribution < -0.4 is 10.6 Å². The molecule has 1 fully saturated rings. The quantitative estimate of drug-likeness (QED) is 0.293. The van der Waals surface area contributed by atoms with Gasteiger partial charge in [-0.15, -0.1) is 0 Å². The van der Waals surface area contributed by atoms with Gasteiger partial charge in [-0.3, -0.25) is 4.98 Å². The normalized spacial score (nSPS) is 15.8. The molecule has 36 heavy (non-hydrogen) atoms. The van der Waals surface area contributed by atoms with Crippen LogP contribution in [0.4, 0.5) is 10.6 Å². The molecule has 1 saturated heterocycles.